The minimum Gasteiger partial charge on any atom is -0.457 e. The minimum absolute atomic E-state index is 0.340. The first kappa shape index (κ1) is 21.5. The molecule has 0 aliphatic heterocycles. The van der Waals surface area contributed by atoms with Gasteiger partial charge in [-0.1, -0.05) is 65.9 Å². The van der Waals surface area contributed by atoms with Crippen molar-refractivity contribution in [2.45, 2.75) is 0 Å². The Hall–Kier alpha value is -4.36. The fourth-order valence-corrected chi connectivity index (χ4v) is 4.22. The molecular formula is C27H18FN3O2S. The van der Waals surface area contributed by atoms with Crippen LogP contribution in [0.3, 0.4) is 0 Å². The fraction of sp³-hybridized carbons (Fsp3) is 0. The van der Waals surface area contributed by atoms with Gasteiger partial charge < -0.3 is 4.74 Å². The van der Waals surface area contributed by atoms with Gasteiger partial charge in [-0.3, -0.25) is 4.79 Å². The van der Waals surface area contributed by atoms with Crippen molar-refractivity contribution in [1.29, 1.82) is 0 Å². The number of nitrogens with zero attached hydrogens (tertiary/aromatic N) is 3. The van der Waals surface area contributed by atoms with Crippen LogP contribution < -0.4 is 9.75 Å². The average Bonchev–Trinajstić information content (AvgIpc) is 3.28. The standard InChI is InChI=1S/C27H18FN3O2S/c28-21-14-15-24-25(17-21)34-27(30-24)31(29-18-19-8-3-1-4-9-19)26(32)20-10-7-13-23(16-20)33-22-11-5-2-6-12-22/h1-18H/b29-18+. The Bertz CT molecular complexity index is 1470. The van der Waals surface area contributed by atoms with Crippen molar-refractivity contribution in [1.82, 2.24) is 4.98 Å². The Kier molecular flexibility index (Phi) is 6.09. The summed E-state index contributed by atoms with van der Waals surface area (Å²) in [4.78, 5) is 18.1. The van der Waals surface area contributed by atoms with Crippen molar-refractivity contribution in [3.8, 4) is 11.5 Å². The highest BCUT2D eigenvalue weighted by molar-refractivity contribution is 7.22. The summed E-state index contributed by atoms with van der Waals surface area (Å²) in [6, 6.07) is 30.0. The number of carbonyl (C=O) groups is 1. The van der Waals surface area contributed by atoms with Crippen LogP contribution in [0.4, 0.5) is 9.52 Å². The van der Waals surface area contributed by atoms with Crippen molar-refractivity contribution < 1.29 is 13.9 Å². The third kappa shape index (κ3) is 4.84. The SMILES string of the molecule is O=C(c1cccc(Oc2ccccc2)c1)N(/N=C/c1ccccc1)c1nc2ccc(F)cc2s1. The Balaban J connectivity index is 1.51. The highest BCUT2D eigenvalue weighted by Crippen LogP contribution is 2.31. The maximum atomic E-state index is 13.7. The topological polar surface area (TPSA) is 54.8 Å². The van der Waals surface area contributed by atoms with E-state index in [0.717, 1.165) is 5.56 Å². The second-order valence-electron chi connectivity index (χ2n) is 7.32. The number of amides is 1. The highest BCUT2D eigenvalue weighted by atomic mass is 32.1. The van der Waals surface area contributed by atoms with Gasteiger partial charge in [0.25, 0.3) is 5.91 Å². The number of anilines is 1. The fourth-order valence-electron chi connectivity index (χ4n) is 3.27. The first-order valence-corrected chi connectivity index (χ1v) is 11.3. The van der Waals surface area contributed by atoms with Crippen LogP contribution in [-0.4, -0.2) is 17.1 Å². The van der Waals surface area contributed by atoms with E-state index in [2.05, 4.69) is 10.1 Å². The van der Waals surface area contributed by atoms with Crippen LogP contribution in [0.2, 0.25) is 0 Å². The maximum absolute atomic E-state index is 13.7. The van der Waals surface area contributed by atoms with E-state index in [1.807, 2.05) is 60.7 Å². The molecule has 0 unspecified atom stereocenters. The summed E-state index contributed by atoms with van der Waals surface area (Å²) < 4.78 is 20.2. The third-order valence-corrected chi connectivity index (χ3v) is 5.89. The normalized spacial score (nSPS) is 11.1. The molecule has 0 saturated carbocycles. The lowest BCUT2D eigenvalue weighted by Crippen LogP contribution is -2.25. The van der Waals surface area contributed by atoms with Crippen LogP contribution in [0.15, 0.2) is 108 Å². The van der Waals surface area contributed by atoms with Crippen LogP contribution in [0.1, 0.15) is 15.9 Å². The summed E-state index contributed by atoms with van der Waals surface area (Å²) in [5, 5.41) is 6.02. The number of hydrogen-bond acceptors (Lipinski definition) is 5. The Morgan fingerprint density at radius 2 is 1.62 bits per heavy atom. The van der Waals surface area contributed by atoms with E-state index in [9.17, 15) is 9.18 Å². The van der Waals surface area contributed by atoms with Crippen LogP contribution in [0.25, 0.3) is 10.2 Å². The molecule has 0 atom stereocenters. The molecule has 7 heteroatoms. The molecule has 0 bridgehead atoms. The first-order valence-electron chi connectivity index (χ1n) is 10.5. The average molecular weight is 468 g/mol. The number of carbonyl (C=O) groups excluding carboxylic acids is 1. The molecule has 34 heavy (non-hydrogen) atoms. The first-order chi connectivity index (χ1) is 16.7. The van der Waals surface area contributed by atoms with Crippen LogP contribution in [-0.2, 0) is 0 Å². The Labute approximate surface area is 199 Å². The van der Waals surface area contributed by atoms with Crippen molar-refractivity contribution in [2.75, 3.05) is 5.01 Å². The van der Waals surface area contributed by atoms with E-state index in [1.54, 1.807) is 36.5 Å². The number of hydrogen-bond donors (Lipinski definition) is 0. The summed E-state index contributed by atoms with van der Waals surface area (Å²) >= 11 is 1.19. The summed E-state index contributed by atoms with van der Waals surface area (Å²) in [6.45, 7) is 0. The van der Waals surface area contributed by atoms with Crippen LogP contribution >= 0.6 is 11.3 Å². The number of aromatic nitrogens is 1. The van der Waals surface area contributed by atoms with Crippen molar-refractivity contribution >= 4 is 38.8 Å². The minimum atomic E-state index is -0.384. The van der Waals surface area contributed by atoms with E-state index in [-0.39, 0.29) is 11.7 Å². The number of benzene rings is 4. The highest BCUT2D eigenvalue weighted by Gasteiger charge is 2.22. The molecule has 0 saturated heterocycles. The van der Waals surface area contributed by atoms with Gasteiger partial charge in [-0.05, 0) is 54.1 Å². The van der Waals surface area contributed by atoms with Gasteiger partial charge in [-0.2, -0.15) is 10.1 Å². The largest absolute Gasteiger partial charge is 0.457 e. The number of para-hydroxylation sites is 1. The lowest BCUT2D eigenvalue weighted by molar-refractivity contribution is 0.0987. The number of ether oxygens (including phenoxy) is 1. The molecule has 0 fully saturated rings. The van der Waals surface area contributed by atoms with E-state index < -0.39 is 0 Å². The Morgan fingerprint density at radius 3 is 2.41 bits per heavy atom. The summed E-state index contributed by atoms with van der Waals surface area (Å²) in [6.07, 6.45) is 1.59. The monoisotopic (exact) mass is 467 g/mol. The van der Waals surface area contributed by atoms with Gasteiger partial charge in [-0.25, -0.2) is 9.37 Å². The van der Waals surface area contributed by atoms with Gasteiger partial charge in [0, 0.05) is 5.56 Å². The van der Waals surface area contributed by atoms with Crippen LogP contribution in [0.5, 0.6) is 11.5 Å². The molecule has 0 radical (unpaired) electrons. The molecule has 4 aromatic carbocycles. The van der Waals surface area contributed by atoms with Gasteiger partial charge in [0.05, 0.1) is 16.4 Å². The summed E-state index contributed by atoms with van der Waals surface area (Å²) in [7, 11) is 0. The lowest BCUT2D eigenvalue weighted by atomic mass is 10.2. The third-order valence-electron chi connectivity index (χ3n) is 4.89. The second kappa shape index (κ2) is 9.64. The number of hydrazone groups is 1. The summed E-state index contributed by atoms with van der Waals surface area (Å²) in [5.41, 5.74) is 1.80. The molecule has 5 rings (SSSR count). The smallest absolute Gasteiger partial charge is 0.280 e. The van der Waals surface area contributed by atoms with Crippen LogP contribution in [0, 0.1) is 5.82 Å². The molecule has 1 amide bonds. The molecule has 0 aliphatic rings. The molecule has 0 spiro atoms. The predicted octanol–water partition coefficient (Wildman–Crippen LogP) is 6.91. The zero-order valence-electron chi connectivity index (χ0n) is 17.8. The quantitative estimate of drug-likeness (QED) is 0.201. The molecule has 166 valence electrons. The van der Waals surface area contributed by atoms with Crippen molar-refractivity contribution in [2.24, 2.45) is 5.10 Å². The van der Waals surface area contributed by atoms with Gasteiger partial charge in [0.1, 0.15) is 17.3 Å². The molecule has 5 nitrogen and oxygen atoms in total. The summed E-state index contributed by atoms with van der Waals surface area (Å²) in [5.74, 6) is 0.444. The number of rotatable bonds is 6. The van der Waals surface area contributed by atoms with E-state index in [0.29, 0.717) is 32.4 Å². The van der Waals surface area contributed by atoms with Crippen molar-refractivity contribution in [3.05, 3.63) is 120 Å². The number of thiazole rings is 1. The van der Waals surface area contributed by atoms with Gasteiger partial charge in [-0.15, -0.1) is 0 Å². The molecule has 0 aliphatic carbocycles. The zero-order chi connectivity index (χ0) is 23.3. The molecule has 1 aromatic heterocycles. The van der Waals surface area contributed by atoms with Crippen molar-refractivity contribution in [3.63, 3.8) is 0 Å². The molecule has 1 heterocycles. The van der Waals surface area contributed by atoms with E-state index in [1.165, 1.54) is 28.5 Å². The number of halogens is 1. The molecule has 0 N–H and O–H groups in total. The van der Waals surface area contributed by atoms with E-state index in [4.69, 9.17) is 4.74 Å². The molecular weight excluding hydrogens is 449 g/mol. The van der Waals surface area contributed by atoms with Gasteiger partial charge >= 0.3 is 0 Å². The zero-order valence-corrected chi connectivity index (χ0v) is 18.7. The number of fused-ring (bicyclic) bond motifs is 1. The van der Waals surface area contributed by atoms with Gasteiger partial charge in [0.2, 0.25) is 5.13 Å². The molecule has 5 aromatic rings. The predicted molar refractivity (Wildman–Crippen MR) is 133 cm³/mol. The Morgan fingerprint density at radius 1 is 0.882 bits per heavy atom. The second-order valence-corrected chi connectivity index (χ2v) is 8.33. The maximum Gasteiger partial charge on any atom is 0.280 e. The van der Waals surface area contributed by atoms with Gasteiger partial charge in [0.15, 0.2) is 0 Å². The lowest BCUT2D eigenvalue weighted by Gasteiger charge is -2.14. The van der Waals surface area contributed by atoms with E-state index >= 15 is 0 Å².